The second-order valence-electron chi connectivity index (χ2n) is 3.26. The van der Waals surface area contributed by atoms with Gasteiger partial charge < -0.3 is 4.74 Å². The van der Waals surface area contributed by atoms with Crippen LogP contribution in [0.4, 0.5) is 0 Å². The molecule has 0 aromatic heterocycles. The first kappa shape index (κ1) is 14.9. The van der Waals surface area contributed by atoms with Gasteiger partial charge in [-0.25, -0.2) is 4.79 Å². The molecule has 1 rings (SSSR count). The van der Waals surface area contributed by atoms with Crippen LogP contribution in [0.5, 0.6) is 0 Å². The molecule has 0 spiro atoms. The Morgan fingerprint density at radius 1 is 1.40 bits per heavy atom. The van der Waals surface area contributed by atoms with Crippen molar-refractivity contribution in [1.29, 1.82) is 0 Å². The third-order valence-electron chi connectivity index (χ3n) is 1.85. The van der Waals surface area contributed by atoms with Crippen molar-refractivity contribution in [2.45, 2.75) is 31.8 Å². The van der Waals surface area contributed by atoms with Gasteiger partial charge in [-0.1, -0.05) is 14.0 Å². The second-order valence-corrected chi connectivity index (χ2v) is 6.18. The number of hydrogen-bond donors (Lipinski definition) is 0. The molecule has 1 heterocycles. The molecule has 0 atom stereocenters. The molecule has 88 valence electrons. The van der Waals surface area contributed by atoms with Crippen molar-refractivity contribution in [2.75, 3.05) is 18.1 Å². The summed E-state index contributed by atoms with van der Waals surface area (Å²) in [5, 5.41) is 0. The maximum Gasteiger partial charge on any atom is 0.333 e. The van der Waals surface area contributed by atoms with Crippen molar-refractivity contribution in [3.63, 3.8) is 0 Å². The molecule has 0 amide bonds. The third-order valence-corrected chi connectivity index (χ3v) is 4.73. The molecule has 1 aliphatic heterocycles. The molecule has 0 unspecified atom stereocenters. The Bertz CT molecular complexity index is 209. The molecule has 15 heavy (non-hydrogen) atoms. The van der Waals surface area contributed by atoms with Crippen LogP contribution in [0.25, 0.3) is 0 Å². The van der Waals surface area contributed by atoms with Crippen LogP contribution in [0.15, 0.2) is 12.2 Å². The van der Waals surface area contributed by atoms with Crippen LogP contribution in [0.1, 0.15) is 27.2 Å². The SMILES string of the molecule is C.C=C(C)C(=O)OCC1SCCCCS1. The largest absolute Gasteiger partial charge is 0.460 e. The molecule has 1 fully saturated rings. The topological polar surface area (TPSA) is 26.3 Å². The highest BCUT2D eigenvalue weighted by Gasteiger charge is 2.15. The highest BCUT2D eigenvalue weighted by atomic mass is 32.2. The lowest BCUT2D eigenvalue weighted by atomic mass is 10.4. The van der Waals surface area contributed by atoms with Crippen LogP contribution in [-0.2, 0) is 9.53 Å². The van der Waals surface area contributed by atoms with E-state index in [-0.39, 0.29) is 13.4 Å². The van der Waals surface area contributed by atoms with Gasteiger partial charge in [0.05, 0.1) is 4.58 Å². The summed E-state index contributed by atoms with van der Waals surface area (Å²) in [4.78, 5) is 11.1. The average Bonchev–Trinajstić information content (AvgIpc) is 2.42. The minimum atomic E-state index is -0.268. The number of hydrogen-bond acceptors (Lipinski definition) is 4. The number of carbonyl (C=O) groups excluding carboxylic acids is 1. The number of carbonyl (C=O) groups is 1. The minimum Gasteiger partial charge on any atom is -0.460 e. The van der Waals surface area contributed by atoms with Gasteiger partial charge in [0.1, 0.15) is 6.61 Å². The normalized spacial score (nSPS) is 17.4. The van der Waals surface area contributed by atoms with E-state index in [1.165, 1.54) is 24.3 Å². The molecular formula is C11H20O2S2. The van der Waals surface area contributed by atoms with Crippen LogP contribution in [0, 0.1) is 0 Å². The molecule has 1 saturated heterocycles. The number of rotatable bonds is 3. The summed E-state index contributed by atoms with van der Waals surface area (Å²) in [6, 6.07) is 0. The molecule has 0 radical (unpaired) electrons. The third kappa shape index (κ3) is 6.15. The Labute approximate surface area is 101 Å². The van der Waals surface area contributed by atoms with Crippen molar-refractivity contribution in [2.24, 2.45) is 0 Å². The quantitative estimate of drug-likeness (QED) is 0.565. The lowest BCUT2D eigenvalue weighted by molar-refractivity contribution is -0.138. The van der Waals surface area contributed by atoms with Gasteiger partial charge in [-0.2, -0.15) is 0 Å². The Balaban J connectivity index is 0.00000196. The van der Waals surface area contributed by atoms with Crippen molar-refractivity contribution < 1.29 is 9.53 Å². The first-order valence-electron chi connectivity index (χ1n) is 4.76. The Kier molecular flexibility index (Phi) is 8.06. The lowest BCUT2D eigenvalue weighted by Gasteiger charge is -2.13. The summed E-state index contributed by atoms with van der Waals surface area (Å²) in [5.74, 6) is 2.10. The average molecular weight is 248 g/mol. The standard InChI is InChI=1S/C10H16O2S2.CH4/c1-8(2)10(11)12-7-9-13-5-3-4-6-14-9;/h9H,1,3-7H2,2H3;1H4. The molecule has 0 aromatic carbocycles. The summed E-state index contributed by atoms with van der Waals surface area (Å²) >= 11 is 3.79. The Morgan fingerprint density at radius 3 is 2.40 bits per heavy atom. The van der Waals surface area contributed by atoms with Gasteiger partial charge >= 0.3 is 5.97 Å². The minimum absolute atomic E-state index is 0. The molecule has 0 aliphatic carbocycles. The van der Waals surface area contributed by atoms with E-state index in [0.717, 1.165) is 0 Å². The van der Waals surface area contributed by atoms with E-state index in [4.69, 9.17) is 4.74 Å². The fourth-order valence-electron chi connectivity index (χ4n) is 1.04. The highest BCUT2D eigenvalue weighted by molar-refractivity contribution is 8.17. The molecule has 1 aliphatic rings. The van der Waals surface area contributed by atoms with Gasteiger partial charge in [0.2, 0.25) is 0 Å². The lowest BCUT2D eigenvalue weighted by Crippen LogP contribution is -2.14. The Hall–Kier alpha value is -0.0900. The summed E-state index contributed by atoms with van der Waals surface area (Å²) < 4.78 is 5.54. The number of ether oxygens (including phenoxy) is 1. The smallest absolute Gasteiger partial charge is 0.333 e. The highest BCUT2D eigenvalue weighted by Crippen LogP contribution is 2.29. The first-order valence-corrected chi connectivity index (χ1v) is 6.85. The molecular weight excluding hydrogens is 228 g/mol. The first-order chi connectivity index (χ1) is 6.70. The fourth-order valence-corrected chi connectivity index (χ4v) is 3.60. The maximum absolute atomic E-state index is 11.1. The summed E-state index contributed by atoms with van der Waals surface area (Å²) in [7, 11) is 0. The van der Waals surface area contributed by atoms with Crippen molar-refractivity contribution >= 4 is 29.5 Å². The predicted octanol–water partition coefficient (Wildman–Crippen LogP) is 3.33. The fraction of sp³-hybridized carbons (Fsp3) is 0.727. The van der Waals surface area contributed by atoms with Crippen molar-refractivity contribution in [1.82, 2.24) is 0 Å². The summed E-state index contributed by atoms with van der Waals surface area (Å²) in [5.41, 5.74) is 0.480. The number of thioether (sulfide) groups is 2. The van der Waals surface area contributed by atoms with Crippen LogP contribution >= 0.6 is 23.5 Å². The molecule has 0 N–H and O–H groups in total. The molecule has 0 saturated carbocycles. The van der Waals surface area contributed by atoms with E-state index in [0.29, 0.717) is 16.8 Å². The summed E-state index contributed by atoms with van der Waals surface area (Å²) in [6.07, 6.45) is 2.56. The van der Waals surface area contributed by atoms with Crippen LogP contribution < -0.4 is 0 Å². The van der Waals surface area contributed by atoms with Gasteiger partial charge in [-0.3, -0.25) is 0 Å². The summed E-state index contributed by atoms with van der Waals surface area (Å²) in [6.45, 7) is 5.74. The van der Waals surface area contributed by atoms with E-state index in [1.807, 2.05) is 23.5 Å². The predicted molar refractivity (Wildman–Crippen MR) is 70.4 cm³/mol. The van der Waals surface area contributed by atoms with Gasteiger partial charge in [0.25, 0.3) is 0 Å². The molecule has 0 aromatic rings. The second kappa shape index (κ2) is 8.11. The van der Waals surface area contributed by atoms with Gasteiger partial charge in [0.15, 0.2) is 0 Å². The number of esters is 1. The van der Waals surface area contributed by atoms with Crippen LogP contribution in [0.3, 0.4) is 0 Å². The van der Waals surface area contributed by atoms with Crippen LogP contribution in [-0.4, -0.2) is 28.7 Å². The van der Waals surface area contributed by atoms with E-state index in [1.54, 1.807) is 6.92 Å². The van der Waals surface area contributed by atoms with Crippen LogP contribution in [0.2, 0.25) is 0 Å². The van der Waals surface area contributed by atoms with E-state index < -0.39 is 0 Å². The zero-order valence-corrected chi connectivity index (χ0v) is 10.1. The van der Waals surface area contributed by atoms with Crippen molar-refractivity contribution in [3.05, 3.63) is 12.2 Å². The molecule has 4 heteroatoms. The van der Waals surface area contributed by atoms with Crippen molar-refractivity contribution in [3.8, 4) is 0 Å². The van der Waals surface area contributed by atoms with E-state index in [2.05, 4.69) is 6.58 Å². The Morgan fingerprint density at radius 2 is 1.93 bits per heavy atom. The molecule has 2 nitrogen and oxygen atoms in total. The van der Waals surface area contributed by atoms with Gasteiger partial charge in [-0.15, -0.1) is 23.5 Å². The monoisotopic (exact) mass is 248 g/mol. The zero-order valence-electron chi connectivity index (χ0n) is 8.45. The van der Waals surface area contributed by atoms with Gasteiger partial charge in [-0.05, 0) is 31.3 Å². The van der Waals surface area contributed by atoms with E-state index in [9.17, 15) is 4.79 Å². The maximum atomic E-state index is 11.1. The van der Waals surface area contributed by atoms with Gasteiger partial charge in [0, 0.05) is 5.57 Å². The zero-order chi connectivity index (χ0) is 10.4. The van der Waals surface area contributed by atoms with E-state index >= 15 is 0 Å². The molecule has 0 bridgehead atoms.